The van der Waals surface area contributed by atoms with Crippen LogP contribution >= 0.6 is 0 Å². The fourth-order valence-electron chi connectivity index (χ4n) is 3.79. The largest absolute Gasteiger partial charge is 0.384 e. The van der Waals surface area contributed by atoms with Gasteiger partial charge in [0, 0.05) is 31.8 Å². The minimum atomic E-state index is -0.791. The number of rotatable bonds is 9. The van der Waals surface area contributed by atoms with Crippen molar-refractivity contribution < 1.29 is 9.59 Å². The lowest BCUT2D eigenvalue weighted by Crippen LogP contribution is -2.52. The summed E-state index contributed by atoms with van der Waals surface area (Å²) in [5.74, 6) is -1.42. The van der Waals surface area contributed by atoms with Crippen LogP contribution in [-0.2, 0) is 16.0 Å². The quantitative estimate of drug-likeness (QED) is 0.271. The zero-order valence-corrected chi connectivity index (χ0v) is 17.7. The molecule has 3 rings (SSSR count). The van der Waals surface area contributed by atoms with Crippen molar-refractivity contribution in [2.45, 2.75) is 44.1 Å². The Hall–Kier alpha value is -3.18. The van der Waals surface area contributed by atoms with Crippen molar-refractivity contribution in [1.82, 2.24) is 15.5 Å². The van der Waals surface area contributed by atoms with Gasteiger partial charge in [0.25, 0.3) is 5.91 Å². The third-order valence-electron chi connectivity index (χ3n) is 6.04. The van der Waals surface area contributed by atoms with E-state index in [1.165, 1.54) is 11.8 Å². The molecule has 164 valence electrons. The first-order valence-electron chi connectivity index (χ1n) is 10.7. The zero-order valence-electron chi connectivity index (χ0n) is 17.7. The molecule has 1 aliphatic carbocycles. The standard InChI is InChI=1S/C23H30N6O2/c24-12-9-23(10-14-29(15-11-23)13-8-17-4-2-1-3-5-17)27-16-19(21(26)30)20(25)28-22(31)18-6-7-18/h1-5,16,18,27H,6-11,13-15H2,(H2,26,30)(H2,25,28,31)/b19-16+. The molecular formula is C23H30N6O2. The first kappa shape index (κ1) is 22.5. The summed E-state index contributed by atoms with van der Waals surface area (Å²) in [4.78, 5) is 26.2. The molecule has 1 saturated heterocycles. The third kappa shape index (κ3) is 6.40. The molecule has 0 radical (unpaired) electrons. The van der Waals surface area contributed by atoms with E-state index >= 15 is 0 Å². The molecule has 0 atom stereocenters. The van der Waals surface area contributed by atoms with Gasteiger partial charge in [0.15, 0.2) is 0 Å². The third-order valence-corrected chi connectivity index (χ3v) is 6.04. The minimum absolute atomic E-state index is 0.0763. The van der Waals surface area contributed by atoms with E-state index in [2.05, 4.69) is 33.7 Å². The zero-order chi connectivity index (χ0) is 22.3. The molecule has 2 fully saturated rings. The summed E-state index contributed by atoms with van der Waals surface area (Å²) in [5.41, 5.74) is 6.17. The van der Waals surface area contributed by atoms with Crippen molar-refractivity contribution in [1.29, 1.82) is 10.7 Å². The van der Waals surface area contributed by atoms with Gasteiger partial charge < -0.3 is 21.3 Å². The average molecular weight is 423 g/mol. The van der Waals surface area contributed by atoms with E-state index in [-0.39, 0.29) is 29.7 Å². The van der Waals surface area contributed by atoms with Crippen molar-refractivity contribution in [3.8, 4) is 6.07 Å². The Morgan fingerprint density at radius 1 is 1.26 bits per heavy atom. The lowest BCUT2D eigenvalue weighted by molar-refractivity contribution is -0.120. The number of primary amides is 1. The minimum Gasteiger partial charge on any atom is -0.384 e. The van der Waals surface area contributed by atoms with Gasteiger partial charge in [-0.15, -0.1) is 0 Å². The van der Waals surface area contributed by atoms with Crippen LogP contribution in [0.4, 0.5) is 0 Å². The number of nitrogens with one attached hydrogen (secondary N) is 3. The second-order valence-electron chi connectivity index (χ2n) is 8.40. The second kappa shape index (κ2) is 10.2. The van der Waals surface area contributed by atoms with Crippen LogP contribution in [0.1, 0.15) is 37.7 Å². The van der Waals surface area contributed by atoms with Crippen molar-refractivity contribution in [3.63, 3.8) is 0 Å². The van der Waals surface area contributed by atoms with Gasteiger partial charge in [-0.25, -0.2) is 0 Å². The van der Waals surface area contributed by atoms with Crippen molar-refractivity contribution in [2.75, 3.05) is 19.6 Å². The Balaban J connectivity index is 1.58. The van der Waals surface area contributed by atoms with E-state index in [4.69, 9.17) is 11.1 Å². The highest BCUT2D eigenvalue weighted by Crippen LogP contribution is 2.29. The molecule has 0 unspecified atom stereocenters. The van der Waals surface area contributed by atoms with Gasteiger partial charge in [0.2, 0.25) is 5.91 Å². The molecule has 31 heavy (non-hydrogen) atoms. The van der Waals surface area contributed by atoms with Crippen LogP contribution in [0.25, 0.3) is 0 Å². The Bertz CT molecular complexity index is 877. The monoisotopic (exact) mass is 422 g/mol. The van der Waals surface area contributed by atoms with Crippen molar-refractivity contribution >= 4 is 17.6 Å². The molecule has 0 bridgehead atoms. The molecule has 0 aromatic heterocycles. The topological polar surface area (TPSA) is 135 Å². The number of nitrogens with zero attached hydrogens (tertiary/aromatic N) is 2. The molecule has 8 nitrogen and oxygen atoms in total. The van der Waals surface area contributed by atoms with Gasteiger partial charge in [-0.3, -0.25) is 15.0 Å². The van der Waals surface area contributed by atoms with E-state index in [1.54, 1.807) is 0 Å². The Morgan fingerprint density at radius 3 is 2.52 bits per heavy atom. The molecular weight excluding hydrogens is 392 g/mol. The highest BCUT2D eigenvalue weighted by molar-refractivity contribution is 6.22. The molecule has 5 N–H and O–H groups in total. The van der Waals surface area contributed by atoms with Gasteiger partial charge in [-0.2, -0.15) is 5.26 Å². The fourth-order valence-corrected chi connectivity index (χ4v) is 3.79. The fraction of sp³-hybridized carbons (Fsp3) is 0.478. The summed E-state index contributed by atoms with van der Waals surface area (Å²) in [5, 5.41) is 23.1. The average Bonchev–Trinajstić information content (AvgIpc) is 3.60. The number of likely N-dealkylation sites (tertiary alicyclic amines) is 1. The van der Waals surface area contributed by atoms with Crippen molar-refractivity contribution in [2.24, 2.45) is 11.7 Å². The number of amides is 2. The number of amidine groups is 1. The first-order chi connectivity index (χ1) is 14.9. The number of carbonyl (C=O) groups is 2. The summed E-state index contributed by atoms with van der Waals surface area (Å²) < 4.78 is 0. The second-order valence-corrected chi connectivity index (χ2v) is 8.40. The van der Waals surface area contributed by atoms with Crippen LogP contribution in [0.3, 0.4) is 0 Å². The van der Waals surface area contributed by atoms with Crippen LogP contribution in [0.5, 0.6) is 0 Å². The normalized spacial score (nSPS) is 18.6. The smallest absolute Gasteiger partial charge is 0.253 e. The van der Waals surface area contributed by atoms with Gasteiger partial charge in [-0.05, 0) is 37.7 Å². The van der Waals surface area contributed by atoms with E-state index in [0.717, 1.165) is 51.7 Å². The van der Waals surface area contributed by atoms with Gasteiger partial charge in [0.1, 0.15) is 5.84 Å². The Kier molecular flexibility index (Phi) is 7.42. The van der Waals surface area contributed by atoms with Crippen molar-refractivity contribution in [3.05, 3.63) is 47.7 Å². The highest BCUT2D eigenvalue weighted by Gasteiger charge is 2.34. The molecule has 1 saturated carbocycles. The summed E-state index contributed by atoms with van der Waals surface area (Å²) in [6.45, 7) is 2.61. The molecule has 2 amide bonds. The number of nitrogens with two attached hydrogens (primary N) is 1. The molecule has 1 aromatic carbocycles. The van der Waals surface area contributed by atoms with Gasteiger partial charge in [-0.1, -0.05) is 30.3 Å². The molecule has 1 aromatic rings. The van der Waals surface area contributed by atoms with Gasteiger partial charge >= 0.3 is 0 Å². The number of hydrogen-bond donors (Lipinski definition) is 4. The van der Waals surface area contributed by atoms with E-state index in [1.807, 2.05) is 18.2 Å². The SMILES string of the molecule is N#CCC1(N/C=C(\C(=N)NC(=O)C2CC2)C(N)=O)CCN(CCc2ccccc2)CC1. The summed E-state index contributed by atoms with van der Waals surface area (Å²) >= 11 is 0. The van der Waals surface area contributed by atoms with Crippen LogP contribution in [0.15, 0.2) is 42.1 Å². The maximum atomic E-state index is 11.9. The number of nitriles is 1. The van der Waals surface area contributed by atoms with Crippen LogP contribution in [0.2, 0.25) is 0 Å². The highest BCUT2D eigenvalue weighted by atomic mass is 16.2. The molecule has 2 aliphatic rings. The van der Waals surface area contributed by atoms with E-state index in [9.17, 15) is 14.9 Å². The van der Waals surface area contributed by atoms with E-state index < -0.39 is 11.4 Å². The maximum Gasteiger partial charge on any atom is 0.253 e. The predicted molar refractivity (Wildman–Crippen MR) is 118 cm³/mol. The number of hydrogen-bond acceptors (Lipinski definition) is 6. The number of carbonyl (C=O) groups excluding carboxylic acids is 2. The Labute approximate surface area is 183 Å². The van der Waals surface area contributed by atoms with E-state index in [0.29, 0.717) is 0 Å². The molecule has 0 spiro atoms. The number of piperidine rings is 1. The molecule has 1 aliphatic heterocycles. The first-order valence-corrected chi connectivity index (χ1v) is 10.7. The lowest BCUT2D eigenvalue weighted by atomic mass is 9.84. The summed E-state index contributed by atoms with van der Waals surface area (Å²) in [6.07, 6.45) is 5.74. The van der Waals surface area contributed by atoms with Crippen LogP contribution in [-0.4, -0.2) is 47.7 Å². The summed E-state index contributed by atoms with van der Waals surface area (Å²) in [7, 11) is 0. The molecule has 1 heterocycles. The van der Waals surface area contributed by atoms with Crippen LogP contribution in [0, 0.1) is 22.7 Å². The predicted octanol–water partition coefficient (Wildman–Crippen LogP) is 1.44. The summed E-state index contributed by atoms with van der Waals surface area (Å²) in [6, 6.07) is 12.6. The maximum absolute atomic E-state index is 11.9. The number of benzene rings is 1. The molecule has 8 heteroatoms. The Morgan fingerprint density at radius 2 is 1.94 bits per heavy atom. The lowest BCUT2D eigenvalue weighted by Gasteiger charge is -2.41. The van der Waals surface area contributed by atoms with Gasteiger partial charge in [0.05, 0.1) is 23.6 Å². The van der Waals surface area contributed by atoms with Crippen LogP contribution < -0.4 is 16.4 Å².